The molecule has 0 saturated carbocycles. The van der Waals surface area contributed by atoms with Crippen LogP contribution in [0.3, 0.4) is 0 Å². The van der Waals surface area contributed by atoms with Crippen LogP contribution in [0.15, 0.2) is 29.2 Å². The second-order valence-corrected chi connectivity index (χ2v) is 3.80. The zero-order valence-electron chi connectivity index (χ0n) is 9.70. The second kappa shape index (κ2) is 5.17. The monoisotopic (exact) mass is 219 g/mol. The number of hydrogen-bond donors (Lipinski definition) is 1. The number of hydrogen-bond acceptors (Lipinski definition) is 2. The summed E-state index contributed by atoms with van der Waals surface area (Å²) in [7, 11) is 0. The van der Waals surface area contributed by atoms with Crippen LogP contribution in [-0.2, 0) is 0 Å². The van der Waals surface area contributed by atoms with Gasteiger partial charge < -0.3 is 0 Å². The van der Waals surface area contributed by atoms with E-state index in [4.69, 9.17) is 0 Å². The van der Waals surface area contributed by atoms with Gasteiger partial charge in [-0.3, -0.25) is 4.98 Å². The summed E-state index contributed by atoms with van der Waals surface area (Å²) in [6, 6.07) is 8.16. The van der Waals surface area contributed by atoms with E-state index in [1.807, 2.05) is 32.9 Å². The number of pyridine rings is 1. The predicted octanol–water partition coefficient (Wildman–Crippen LogP) is 4.17. The highest BCUT2D eigenvalue weighted by Crippen LogP contribution is 2.20. The fraction of sp³-hybridized carbons (Fsp3) is 0.308. The van der Waals surface area contributed by atoms with E-state index in [1.54, 1.807) is 0 Å². The maximum absolute atomic E-state index is 4.45. The van der Waals surface area contributed by atoms with Crippen LogP contribution in [-0.4, -0.2) is 4.98 Å². The van der Waals surface area contributed by atoms with Crippen molar-refractivity contribution in [3.8, 4) is 0 Å². The minimum atomic E-state index is 0.963. The summed E-state index contributed by atoms with van der Waals surface area (Å²) < 4.78 is 0. The molecule has 2 aromatic rings. The van der Waals surface area contributed by atoms with Crippen LogP contribution in [0.1, 0.15) is 25.1 Å². The molecular formula is C13H17NS. The normalized spacial score (nSPS) is 9.67. The van der Waals surface area contributed by atoms with Crippen LogP contribution < -0.4 is 0 Å². The van der Waals surface area contributed by atoms with Crippen LogP contribution >= 0.6 is 12.6 Å². The Morgan fingerprint density at radius 2 is 1.73 bits per heavy atom. The second-order valence-electron chi connectivity index (χ2n) is 3.28. The van der Waals surface area contributed by atoms with E-state index in [0.29, 0.717) is 0 Å². The van der Waals surface area contributed by atoms with Crippen LogP contribution in [0, 0.1) is 13.8 Å². The van der Waals surface area contributed by atoms with Crippen molar-refractivity contribution in [2.45, 2.75) is 32.6 Å². The average Bonchev–Trinajstić information content (AvgIpc) is 2.19. The Kier molecular flexibility index (Phi) is 4.15. The summed E-state index contributed by atoms with van der Waals surface area (Å²) in [6.07, 6.45) is 0. The van der Waals surface area contributed by atoms with Gasteiger partial charge in [0.25, 0.3) is 0 Å². The summed E-state index contributed by atoms with van der Waals surface area (Å²) in [6.45, 7) is 8.12. The summed E-state index contributed by atoms with van der Waals surface area (Å²) in [5.41, 5.74) is 3.37. The summed E-state index contributed by atoms with van der Waals surface area (Å²) in [5, 5.41) is 1.21. The molecule has 0 aliphatic heterocycles. The first-order valence-electron chi connectivity index (χ1n) is 5.24. The molecule has 0 unspecified atom stereocenters. The lowest BCUT2D eigenvalue weighted by Gasteiger charge is -2.03. The Morgan fingerprint density at radius 3 is 2.40 bits per heavy atom. The third-order valence-corrected chi connectivity index (χ3v) is 2.41. The van der Waals surface area contributed by atoms with Crippen molar-refractivity contribution < 1.29 is 0 Å². The van der Waals surface area contributed by atoms with Gasteiger partial charge in [0.1, 0.15) is 0 Å². The third-order valence-electron chi connectivity index (χ3n) is 2.13. The summed E-state index contributed by atoms with van der Waals surface area (Å²) in [5.74, 6) is 0. The molecule has 1 aromatic heterocycles. The molecule has 0 amide bonds. The Hall–Kier alpha value is -1.02. The Labute approximate surface area is 97.0 Å². The van der Waals surface area contributed by atoms with Crippen molar-refractivity contribution in [3.63, 3.8) is 0 Å². The molecule has 0 saturated heterocycles. The van der Waals surface area contributed by atoms with Gasteiger partial charge in [-0.15, -0.1) is 12.6 Å². The highest BCUT2D eigenvalue weighted by atomic mass is 32.1. The number of aromatic nitrogens is 1. The number of thiol groups is 1. The molecule has 1 aromatic carbocycles. The smallest absolute Gasteiger partial charge is 0.0718 e. The van der Waals surface area contributed by atoms with Gasteiger partial charge in [0.15, 0.2) is 0 Å². The van der Waals surface area contributed by atoms with Gasteiger partial charge in [-0.25, -0.2) is 0 Å². The molecule has 15 heavy (non-hydrogen) atoms. The fourth-order valence-electron chi connectivity index (χ4n) is 1.56. The molecule has 0 aliphatic carbocycles. The molecule has 1 heterocycles. The highest BCUT2D eigenvalue weighted by molar-refractivity contribution is 7.80. The predicted molar refractivity (Wildman–Crippen MR) is 69.8 cm³/mol. The Morgan fingerprint density at radius 1 is 1.07 bits per heavy atom. The van der Waals surface area contributed by atoms with E-state index < -0.39 is 0 Å². The topological polar surface area (TPSA) is 12.9 Å². The Balaban J connectivity index is 0.000000531. The van der Waals surface area contributed by atoms with Gasteiger partial charge >= 0.3 is 0 Å². The molecule has 2 heteroatoms. The van der Waals surface area contributed by atoms with Crippen molar-refractivity contribution in [2.24, 2.45) is 0 Å². The van der Waals surface area contributed by atoms with Crippen molar-refractivity contribution in [1.82, 2.24) is 4.98 Å². The molecule has 1 nitrogen and oxygen atoms in total. The van der Waals surface area contributed by atoms with Crippen molar-refractivity contribution in [3.05, 3.63) is 35.5 Å². The van der Waals surface area contributed by atoms with Gasteiger partial charge in [0.05, 0.1) is 5.52 Å². The number of benzene rings is 1. The minimum Gasteiger partial charge on any atom is -0.253 e. The summed E-state index contributed by atoms with van der Waals surface area (Å²) in [4.78, 5) is 5.41. The molecular weight excluding hydrogens is 202 g/mol. The lowest BCUT2D eigenvalue weighted by Crippen LogP contribution is -1.86. The van der Waals surface area contributed by atoms with Gasteiger partial charge in [0.2, 0.25) is 0 Å². The van der Waals surface area contributed by atoms with Crippen LogP contribution in [0.2, 0.25) is 0 Å². The van der Waals surface area contributed by atoms with Crippen LogP contribution in [0.25, 0.3) is 10.9 Å². The number of fused-ring (bicyclic) bond motifs is 1. The van der Waals surface area contributed by atoms with E-state index in [9.17, 15) is 0 Å². The van der Waals surface area contributed by atoms with Crippen LogP contribution in [0.5, 0.6) is 0 Å². The third kappa shape index (κ3) is 2.72. The van der Waals surface area contributed by atoms with Gasteiger partial charge in [-0.05, 0) is 37.6 Å². The van der Waals surface area contributed by atoms with Gasteiger partial charge in [0, 0.05) is 16.0 Å². The first kappa shape index (κ1) is 12.1. The zero-order chi connectivity index (χ0) is 11.4. The lowest BCUT2D eigenvalue weighted by molar-refractivity contribution is 1.23. The molecule has 0 N–H and O–H groups in total. The van der Waals surface area contributed by atoms with E-state index in [-0.39, 0.29) is 0 Å². The maximum atomic E-state index is 4.45. The first-order valence-corrected chi connectivity index (χ1v) is 5.68. The molecule has 0 spiro atoms. The fourth-order valence-corrected chi connectivity index (χ4v) is 1.76. The average molecular weight is 219 g/mol. The van der Waals surface area contributed by atoms with Crippen molar-refractivity contribution in [2.75, 3.05) is 0 Å². The molecule has 2 rings (SSSR count). The van der Waals surface area contributed by atoms with Crippen molar-refractivity contribution in [1.29, 1.82) is 0 Å². The minimum absolute atomic E-state index is 0.963. The highest BCUT2D eigenvalue weighted by Gasteiger charge is 1.99. The standard InChI is InChI=1S/C11H11NS.C2H6/c1-7-5-8(2)12-11-6-9(13)3-4-10(7)11;1-2/h3-6,13H,1-2H3;1-2H3. The molecule has 0 atom stereocenters. The maximum Gasteiger partial charge on any atom is 0.0718 e. The van der Waals surface area contributed by atoms with Gasteiger partial charge in [-0.2, -0.15) is 0 Å². The van der Waals surface area contributed by atoms with E-state index in [1.165, 1.54) is 10.9 Å². The molecule has 0 bridgehead atoms. The molecule has 0 radical (unpaired) electrons. The SMILES string of the molecule is CC.Cc1cc(C)c2ccc(S)cc2n1. The van der Waals surface area contributed by atoms with Crippen LogP contribution in [0.4, 0.5) is 0 Å². The van der Waals surface area contributed by atoms with E-state index in [2.05, 4.69) is 36.7 Å². The largest absolute Gasteiger partial charge is 0.253 e. The lowest BCUT2D eigenvalue weighted by atomic mass is 10.1. The van der Waals surface area contributed by atoms with E-state index >= 15 is 0 Å². The zero-order valence-corrected chi connectivity index (χ0v) is 10.6. The molecule has 0 fully saturated rings. The number of rotatable bonds is 0. The summed E-state index contributed by atoms with van der Waals surface area (Å²) >= 11 is 4.29. The molecule has 0 aliphatic rings. The number of aryl methyl sites for hydroxylation is 2. The first-order chi connectivity index (χ1) is 7.16. The molecule has 80 valence electrons. The van der Waals surface area contributed by atoms with E-state index in [0.717, 1.165) is 16.1 Å². The Bertz CT molecular complexity index is 458. The number of nitrogens with zero attached hydrogens (tertiary/aromatic N) is 1. The van der Waals surface area contributed by atoms with Gasteiger partial charge in [-0.1, -0.05) is 19.9 Å². The quantitative estimate of drug-likeness (QED) is 0.656. The van der Waals surface area contributed by atoms with Crippen molar-refractivity contribution >= 4 is 23.5 Å².